The topological polar surface area (TPSA) is 53.5 Å². The van der Waals surface area contributed by atoms with E-state index in [4.69, 9.17) is 4.74 Å². The second-order valence-electron chi connectivity index (χ2n) is 5.32. The van der Waals surface area contributed by atoms with Crippen molar-refractivity contribution in [1.29, 1.82) is 0 Å². The zero-order valence-corrected chi connectivity index (χ0v) is 12.1. The second-order valence-corrected chi connectivity index (χ2v) is 5.32. The first-order valence-electron chi connectivity index (χ1n) is 7.51. The van der Waals surface area contributed by atoms with Gasteiger partial charge in [-0.25, -0.2) is 0 Å². The molecule has 0 aromatic carbocycles. The minimum atomic E-state index is 0.618. The van der Waals surface area contributed by atoms with Crippen molar-refractivity contribution in [1.82, 2.24) is 20.2 Å². The van der Waals surface area contributed by atoms with Gasteiger partial charge in [0, 0.05) is 38.8 Å². The van der Waals surface area contributed by atoms with Gasteiger partial charge in [0.25, 0.3) is 0 Å². The monoisotopic (exact) mass is 277 g/mol. The first-order chi connectivity index (χ1) is 9.86. The van der Waals surface area contributed by atoms with Crippen LogP contribution >= 0.6 is 0 Å². The second kappa shape index (κ2) is 6.37. The van der Waals surface area contributed by atoms with E-state index in [1.807, 2.05) is 13.1 Å². The van der Waals surface area contributed by atoms with Crippen molar-refractivity contribution in [3.05, 3.63) is 12.4 Å². The van der Waals surface area contributed by atoms with Gasteiger partial charge in [0.2, 0.25) is 5.88 Å². The summed E-state index contributed by atoms with van der Waals surface area (Å²) in [5, 5.41) is 3.44. The number of aromatic nitrogens is 2. The highest BCUT2D eigenvalue weighted by Crippen LogP contribution is 2.18. The maximum absolute atomic E-state index is 5.42. The van der Waals surface area contributed by atoms with Crippen LogP contribution in [0.15, 0.2) is 12.4 Å². The smallest absolute Gasteiger partial charge is 0.234 e. The lowest BCUT2D eigenvalue weighted by Gasteiger charge is -2.38. The SMILES string of the molecule is CCOc1cncc(N2CCN(C3CCNC3)CC2)n1. The number of nitrogens with zero attached hydrogens (tertiary/aromatic N) is 4. The summed E-state index contributed by atoms with van der Waals surface area (Å²) < 4.78 is 5.42. The summed E-state index contributed by atoms with van der Waals surface area (Å²) in [6.45, 7) is 9.12. The molecule has 0 amide bonds. The van der Waals surface area contributed by atoms with Gasteiger partial charge in [-0.05, 0) is 19.9 Å². The Hall–Kier alpha value is -1.40. The third-order valence-electron chi connectivity index (χ3n) is 4.08. The molecule has 0 radical (unpaired) electrons. The normalized spacial score (nSPS) is 24.1. The third kappa shape index (κ3) is 3.02. The predicted octanol–water partition coefficient (Wildman–Crippen LogP) is 0.359. The van der Waals surface area contributed by atoms with Crippen molar-refractivity contribution in [3.8, 4) is 5.88 Å². The van der Waals surface area contributed by atoms with Gasteiger partial charge in [-0.2, -0.15) is 4.98 Å². The Labute approximate surface area is 120 Å². The first-order valence-corrected chi connectivity index (χ1v) is 7.51. The van der Waals surface area contributed by atoms with E-state index >= 15 is 0 Å². The summed E-state index contributed by atoms with van der Waals surface area (Å²) in [6, 6.07) is 0.720. The highest BCUT2D eigenvalue weighted by Gasteiger charge is 2.26. The van der Waals surface area contributed by atoms with E-state index < -0.39 is 0 Å². The van der Waals surface area contributed by atoms with Gasteiger partial charge in [0.05, 0.1) is 19.0 Å². The van der Waals surface area contributed by atoms with Crippen LogP contribution in [0.5, 0.6) is 5.88 Å². The third-order valence-corrected chi connectivity index (χ3v) is 4.08. The predicted molar refractivity (Wildman–Crippen MR) is 78.3 cm³/mol. The van der Waals surface area contributed by atoms with Crippen molar-refractivity contribution in [3.63, 3.8) is 0 Å². The molecule has 6 heteroatoms. The maximum Gasteiger partial charge on any atom is 0.234 e. The van der Waals surface area contributed by atoms with Crippen LogP contribution in [0.1, 0.15) is 13.3 Å². The zero-order valence-electron chi connectivity index (χ0n) is 12.1. The van der Waals surface area contributed by atoms with Gasteiger partial charge in [0.15, 0.2) is 5.82 Å². The van der Waals surface area contributed by atoms with Gasteiger partial charge in [-0.3, -0.25) is 9.88 Å². The van der Waals surface area contributed by atoms with Gasteiger partial charge >= 0.3 is 0 Å². The fourth-order valence-corrected chi connectivity index (χ4v) is 2.98. The number of piperazine rings is 1. The molecule has 110 valence electrons. The molecule has 0 aliphatic carbocycles. The highest BCUT2D eigenvalue weighted by atomic mass is 16.5. The maximum atomic E-state index is 5.42. The molecule has 3 rings (SSSR count). The minimum Gasteiger partial charge on any atom is -0.477 e. The zero-order chi connectivity index (χ0) is 13.8. The summed E-state index contributed by atoms with van der Waals surface area (Å²) in [6.07, 6.45) is 4.78. The van der Waals surface area contributed by atoms with Crippen LogP contribution in [0, 0.1) is 0 Å². The average Bonchev–Trinajstić information content (AvgIpc) is 3.02. The van der Waals surface area contributed by atoms with E-state index in [1.165, 1.54) is 6.42 Å². The summed E-state index contributed by atoms with van der Waals surface area (Å²) >= 11 is 0. The molecule has 2 aliphatic rings. The lowest BCUT2D eigenvalue weighted by molar-refractivity contribution is 0.196. The number of ether oxygens (including phenoxy) is 1. The lowest BCUT2D eigenvalue weighted by Crippen LogP contribution is -2.51. The molecule has 0 spiro atoms. The number of anilines is 1. The lowest BCUT2D eigenvalue weighted by atomic mass is 10.2. The Morgan fingerprint density at radius 3 is 2.85 bits per heavy atom. The van der Waals surface area contributed by atoms with Crippen molar-refractivity contribution in [2.24, 2.45) is 0 Å². The van der Waals surface area contributed by atoms with E-state index in [0.717, 1.165) is 51.1 Å². The Balaban J connectivity index is 1.58. The molecule has 2 fully saturated rings. The molecule has 2 aliphatic heterocycles. The number of hydrogen-bond donors (Lipinski definition) is 1. The molecule has 2 saturated heterocycles. The van der Waals surface area contributed by atoms with E-state index in [2.05, 4.69) is 25.1 Å². The van der Waals surface area contributed by atoms with E-state index in [9.17, 15) is 0 Å². The van der Waals surface area contributed by atoms with Crippen LogP contribution in [0.2, 0.25) is 0 Å². The molecule has 1 N–H and O–H groups in total. The van der Waals surface area contributed by atoms with E-state index in [0.29, 0.717) is 12.5 Å². The molecule has 1 aromatic rings. The Morgan fingerprint density at radius 2 is 2.15 bits per heavy atom. The van der Waals surface area contributed by atoms with E-state index in [-0.39, 0.29) is 0 Å². The summed E-state index contributed by atoms with van der Waals surface area (Å²) in [4.78, 5) is 13.6. The van der Waals surface area contributed by atoms with Crippen LogP contribution in [-0.4, -0.2) is 66.8 Å². The molecular formula is C14H23N5O. The average molecular weight is 277 g/mol. The number of hydrogen-bond acceptors (Lipinski definition) is 6. The van der Waals surface area contributed by atoms with Gasteiger partial charge in [-0.1, -0.05) is 0 Å². The molecule has 1 unspecified atom stereocenters. The van der Waals surface area contributed by atoms with Gasteiger partial charge in [-0.15, -0.1) is 0 Å². The number of rotatable bonds is 4. The molecular weight excluding hydrogens is 254 g/mol. The molecule has 0 bridgehead atoms. The Kier molecular flexibility index (Phi) is 4.32. The van der Waals surface area contributed by atoms with Crippen molar-refractivity contribution >= 4 is 5.82 Å². The fourth-order valence-electron chi connectivity index (χ4n) is 2.98. The van der Waals surface area contributed by atoms with Crippen molar-refractivity contribution < 1.29 is 4.74 Å². The summed E-state index contributed by atoms with van der Waals surface area (Å²) in [5.74, 6) is 1.55. The first kappa shape index (κ1) is 13.6. The van der Waals surface area contributed by atoms with Crippen LogP contribution in [0.3, 0.4) is 0 Å². The Morgan fingerprint density at radius 1 is 1.30 bits per heavy atom. The summed E-state index contributed by atoms with van der Waals surface area (Å²) in [5.41, 5.74) is 0. The van der Waals surface area contributed by atoms with Gasteiger partial charge < -0.3 is 15.0 Å². The molecule has 6 nitrogen and oxygen atoms in total. The minimum absolute atomic E-state index is 0.618. The largest absolute Gasteiger partial charge is 0.477 e. The molecule has 20 heavy (non-hydrogen) atoms. The van der Waals surface area contributed by atoms with Crippen LogP contribution in [0.4, 0.5) is 5.82 Å². The van der Waals surface area contributed by atoms with Crippen LogP contribution in [-0.2, 0) is 0 Å². The fraction of sp³-hybridized carbons (Fsp3) is 0.714. The quantitative estimate of drug-likeness (QED) is 0.857. The molecule has 1 atom stereocenters. The van der Waals surface area contributed by atoms with Crippen molar-refractivity contribution in [2.75, 3.05) is 50.8 Å². The van der Waals surface area contributed by atoms with Crippen LogP contribution < -0.4 is 15.0 Å². The van der Waals surface area contributed by atoms with E-state index in [1.54, 1.807) is 6.20 Å². The van der Waals surface area contributed by atoms with Gasteiger partial charge in [0.1, 0.15) is 0 Å². The Bertz CT molecular complexity index is 427. The summed E-state index contributed by atoms with van der Waals surface area (Å²) in [7, 11) is 0. The highest BCUT2D eigenvalue weighted by molar-refractivity contribution is 5.38. The molecule has 3 heterocycles. The standard InChI is InChI=1S/C14H23N5O/c1-2-20-14-11-16-10-13(17-14)19-7-5-18(6-8-19)12-3-4-15-9-12/h10-12,15H,2-9H2,1H3. The number of nitrogens with one attached hydrogen (secondary N) is 1. The van der Waals surface area contributed by atoms with Crippen molar-refractivity contribution in [2.45, 2.75) is 19.4 Å². The molecule has 0 saturated carbocycles. The molecule has 1 aromatic heterocycles. The van der Waals surface area contributed by atoms with Crippen LogP contribution in [0.25, 0.3) is 0 Å².